The molecule has 5 nitrogen and oxygen atoms in total. The van der Waals surface area contributed by atoms with Crippen molar-refractivity contribution in [2.45, 2.75) is 46.1 Å². The second kappa shape index (κ2) is 7.06. The minimum absolute atomic E-state index is 0.0443. The fraction of sp³-hybridized carbons (Fsp3) is 0.615. The average Bonchev–Trinajstić information content (AvgIpc) is 2.36. The van der Waals surface area contributed by atoms with Crippen LogP contribution in [0.2, 0.25) is 0 Å². The zero-order valence-electron chi connectivity index (χ0n) is 11.2. The first-order valence-electron chi connectivity index (χ1n) is 6.33. The Bertz CT molecular complexity index is 407. The third kappa shape index (κ3) is 4.07. The van der Waals surface area contributed by atoms with Gasteiger partial charge in [0.15, 0.2) is 0 Å². The molecular weight excluding hydrogens is 230 g/mol. The van der Waals surface area contributed by atoms with Gasteiger partial charge in [-0.3, -0.25) is 4.79 Å². The maximum absolute atomic E-state index is 12.1. The number of nitrogens with zero attached hydrogens (tertiary/aromatic N) is 2. The van der Waals surface area contributed by atoms with E-state index in [9.17, 15) is 4.79 Å². The molecule has 18 heavy (non-hydrogen) atoms. The summed E-state index contributed by atoms with van der Waals surface area (Å²) in [7, 11) is 0. The van der Waals surface area contributed by atoms with Gasteiger partial charge in [0.25, 0.3) is 5.91 Å². The second-order valence-corrected chi connectivity index (χ2v) is 4.44. The number of hydrogen-bond acceptors (Lipinski definition) is 4. The molecule has 0 saturated heterocycles. The first-order chi connectivity index (χ1) is 8.58. The van der Waals surface area contributed by atoms with Gasteiger partial charge in [-0.05, 0) is 39.2 Å². The lowest BCUT2D eigenvalue weighted by Crippen LogP contribution is -2.33. The van der Waals surface area contributed by atoms with Crippen molar-refractivity contribution >= 4 is 5.91 Å². The first-order valence-corrected chi connectivity index (χ1v) is 6.33. The normalized spacial score (nSPS) is 12.2. The Balaban J connectivity index is 2.74. The number of carbonyl (C=O) groups excluding carboxylic acids is 1. The summed E-state index contributed by atoms with van der Waals surface area (Å²) in [6.07, 6.45) is 2.14. The zero-order valence-corrected chi connectivity index (χ0v) is 11.2. The Kier molecular flexibility index (Phi) is 5.71. The van der Waals surface area contributed by atoms with Gasteiger partial charge in [-0.15, -0.1) is 0 Å². The predicted molar refractivity (Wildman–Crippen MR) is 69.4 cm³/mol. The van der Waals surface area contributed by atoms with Crippen LogP contribution >= 0.6 is 0 Å². The highest BCUT2D eigenvalue weighted by Crippen LogP contribution is 2.08. The molecule has 1 heterocycles. The summed E-state index contributed by atoms with van der Waals surface area (Å²) in [4.78, 5) is 12.1. The van der Waals surface area contributed by atoms with Crippen LogP contribution in [0.5, 0.6) is 0 Å². The molecule has 1 amide bonds. The van der Waals surface area contributed by atoms with Crippen LogP contribution < -0.4 is 5.32 Å². The van der Waals surface area contributed by atoms with E-state index in [1.807, 2.05) is 20.8 Å². The average molecular weight is 251 g/mol. The van der Waals surface area contributed by atoms with Crippen molar-refractivity contribution in [2.75, 3.05) is 6.61 Å². The Morgan fingerprint density at radius 1 is 1.50 bits per heavy atom. The smallest absolute Gasteiger partial charge is 0.253 e. The van der Waals surface area contributed by atoms with E-state index in [2.05, 4.69) is 15.5 Å². The molecule has 1 rings (SSSR count). The molecule has 0 aliphatic rings. The minimum atomic E-state index is -0.115. The number of aliphatic hydroxyl groups is 1. The van der Waals surface area contributed by atoms with Crippen LogP contribution in [0.4, 0.5) is 0 Å². The topological polar surface area (TPSA) is 75.1 Å². The Labute approximate surface area is 108 Å². The van der Waals surface area contributed by atoms with Crippen molar-refractivity contribution in [1.82, 2.24) is 15.5 Å². The quantitative estimate of drug-likeness (QED) is 0.797. The van der Waals surface area contributed by atoms with E-state index in [-0.39, 0.29) is 18.6 Å². The standard InChI is InChI=1S/C13H21N3O2/c1-4-12-11(8-10(3)15-16-12)13(18)14-9(2)6-5-7-17/h8-9,17H,4-7H2,1-3H3,(H,14,18). The van der Waals surface area contributed by atoms with Crippen LogP contribution in [0.3, 0.4) is 0 Å². The molecule has 1 atom stereocenters. The fourth-order valence-electron chi connectivity index (χ4n) is 1.74. The van der Waals surface area contributed by atoms with Crippen molar-refractivity contribution in [3.8, 4) is 0 Å². The number of aryl methyl sites for hydroxylation is 2. The molecular formula is C13H21N3O2. The van der Waals surface area contributed by atoms with Crippen molar-refractivity contribution < 1.29 is 9.90 Å². The van der Waals surface area contributed by atoms with E-state index < -0.39 is 0 Å². The first kappa shape index (κ1) is 14.6. The van der Waals surface area contributed by atoms with E-state index in [0.717, 1.165) is 12.1 Å². The van der Waals surface area contributed by atoms with Crippen LogP contribution in [0, 0.1) is 6.92 Å². The molecule has 0 aliphatic heterocycles. The van der Waals surface area contributed by atoms with Crippen molar-refractivity contribution in [3.63, 3.8) is 0 Å². The van der Waals surface area contributed by atoms with Gasteiger partial charge in [0.05, 0.1) is 17.0 Å². The highest BCUT2D eigenvalue weighted by Gasteiger charge is 2.14. The van der Waals surface area contributed by atoms with E-state index in [1.165, 1.54) is 0 Å². The summed E-state index contributed by atoms with van der Waals surface area (Å²) >= 11 is 0. The maximum atomic E-state index is 12.1. The number of rotatable bonds is 6. The molecule has 100 valence electrons. The molecule has 0 fully saturated rings. The zero-order chi connectivity index (χ0) is 13.5. The SMILES string of the molecule is CCc1nnc(C)cc1C(=O)NC(C)CCCO. The lowest BCUT2D eigenvalue weighted by atomic mass is 10.1. The molecule has 0 saturated carbocycles. The number of hydrogen-bond donors (Lipinski definition) is 2. The van der Waals surface area contributed by atoms with Crippen LogP contribution in [0.15, 0.2) is 6.07 Å². The molecule has 1 aromatic rings. The minimum Gasteiger partial charge on any atom is -0.396 e. The molecule has 2 N–H and O–H groups in total. The summed E-state index contributed by atoms with van der Waals surface area (Å²) in [5, 5.41) is 19.7. The molecule has 0 aliphatic carbocycles. The van der Waals surface area contributed by atoms with Crippen molar-refractivity contribution in [3.05, 3.63) is 23.0 Å². The van der Waals surface area contributed by atoms with Gasteiger partial charge in [-0.25, -0.2) is 0 Å². The van der Waals surface area contributed by atoms with Crippen LogP contribution in [-0.2, 0) is 6.42 Å². The van der Waals surface area contributed by atoms with Crippen LogP contribution in [-0.4, -0.2) is 33.9 Å². The Morgan fingerprint density at radius 2 is 2.22 bits per heavy atom. The predicted octanol–water partition coefficient (Wildman–Crippen LogP) is 1.24. The molecule has 1 aromatic heterocycles. The van der Waals surface area contributed by atoms with E-state index in [0.29, 0.717) is 24.1 Å². The number of aromatic nitrogens is 2. The molecule has 0 spiro atoms. The van der Waals surface area contributed by atoms with Gasteiger partial charge >= 0.3 is 0 Å². The highest BCUT2D eigenvalue weighted by atomic mass is 16.3. The second-order valence-electron chi connectivity index (χ2n) is 4.44. The van der Waals surface area contributed by atoms with Gasteiger partial charge in [0, 0.05) is 12.6 Å². The number of nitrogens with one attached hydrogen (secondary N) is 1. The molecule has 0 aromatic carbocycles. The molecule has 0 bridgehead atoms. The van der Waals surface area contributed by atoms with E-state index in [4.69, 9.17) is 5.11 Å². The van der Waals surface area contributed by atoms with Gasteiger partial charge in [-0.1, -0.05) is 6.92 Å². The number of aliphatic hydroxyl groups excluding tert-OH is 1. The van der Waals surface area contributed by atoms with Crippen molar-refractivity contribution in [1.29, 1.82) is 0 Å². The number of amides is 1. The maximum Gasteiger partial charge on any atom is 0.253 e. The summed E-state index contributed by atoms with van der Waals surface area (Å²) < 4.78 is 0. The lowest BCUT2D eigenvalue weighted by molar-refractivity contribution is 0.0934. The van der Waals surface area contributed by atoms with Crippen LogP contribution in [0.25, 0.3) is 0 Å². The van der Waals surface area contributed by atoms with Crippen LogP contribution in [0.1, 0.15) is 48.4 Å². The molecule has 5 heteroatoms. The van der Waals surface area contributed by atoms with Gasteiger partial charge in [0.1, 0.15) is 0 Å². The highest BCUT2D eigenvalue weighted by molar-refractivity contribution is 5.95. The summed E-state index contributed by atoms with van der Waals surface area (Å²) in [5.74, 6) is -0.115. The van der Waals surface area contributed by atoms with E-state index >= 15 is 0 Å². The summed E-state index contributed by atoms with van der Waals surface area (Å²) in [6.45, 7) is 5.85. The van der Waals surface area contributed by atoms with Gasteiger partial charge in [0.2, 0.25) is 0 Å². The fourth-order valence-corrected chi connectivity index (χ4v) is 1.74. The number of carbonyl (C=O) groups is 1. The summed E-state index contributed by atoms with van der Waals surface area (Å²) in [5.41, 5.74) is 2.05. The Hall–Kier alpha value is -1.49. The third-order valence-corrected chi connectivity index (χ3v) is 2.74. The lowest BCUT2D eigenvalue weighted by Gasteiger charge is -2.14. The largest absolute Gasteiger partial charge is 0.396 e. The van der Waals surface area contributed by atoms with Crippen molar-refractivity contribution in [2.24, 2.45) is 0 Å². The summed E-state index contributed by atoms with van der Waals surface area (Å²) in [6, 6.07) is 1.81. The van der Waals surface area contributed by atoms with Gasteiger partial charge in [-0.2, -0.15) is 10.2 Å². The van der Waals surface area contributed by atoms with Gasteiger partial charge < -0.3 is 10.4 Å². The Morgan fingerprint density at radius 3 is 2.83 bits per heavy atom. The molecule has 1 unspecified atom stereocenters. The van der Waals surface area contributed by atoms with E-state index in [1.54, 1.807) is 6.07 Å². The monoisotopic (exact) mass is 251 g/mol. The molecule has 0 radical (unpaired) electrons. The third-order valence-electron chi connectivity index (χ3n) is 2.74.